The standard InChI is InChI=1S/C14H25NO/c1-2-9-15-14(12-6-3-4-7-12)11-13-8-5-10-16-13/h6,13-15H,2-5,7-11H2,1H3. The number of nitrogens with one attached hydrogen (secondary N) is 1. The van der Waals surface area contributed by atoms with Crippen LogP contribution in [0.15, 0.2) is 11.6 Å². The maximum Gasteiger partial charge on any atom is 0.0594 e. The Morgan fingerprint density at radius 1 is 1.50 bits per heavy atom. The van der Waals surface area contributed by atoms with Crippen molar-refractivity contribution < 1.29 is 4.74 Å². The van der Waals surface area contributed by atoms with Crippen LogP contribution >= 0.6 is 0 Å². The van der Waals surface area contributed by atoms with Gasteiger partial charge < -0.3 is 10.1 Å². The molecule has 0 radical (unpaired) electrons. The summed E-state index contributed by atoms with van der Waals surface area (Å²) in [6, 6.07) is 0.588. The first-order valence-electron chi connectivity index (χ1n) is 6.94. The van der Waals surface area contributed by atoms with Crippen LogP contribution in [-0.4, -0.2) is 25.3 Å². The largest absolute Gasteiger partial charge is 0.378 e. The van der Waals surface area contributed by atoms with E-state index in [1.54, 1.807) is 5.57 Å². The highest BCUT2D eigenvalue weighted by Crippen LogP contribution is 2.26. The summed E-state index contributed by atoms with van der Waals surface area (Å²) in [6.07, 6.45) is 11.8. The van der Waals surface area contributed by atoms with Gasteiger partial charge in [0.25, 0.3) is 0 Å². The fourth-order valence-corrected chi connectivity index (χ4v) is 2.79. The summed E-state index contributed by atoms with van der Waals surface area (Å²) < 4.78 is 5.76. The van der Waals surface area contributed by atoms with Crippen molar-refractivity contribution in [2.45, 2.75) is 64.0 Å². The van der Waals surface area contributed by atoms with Gasteiger partial charge in [-0.1, -0.05) is 18.6 Å². The van der Waals surface area contributed by atoms with Crippen LogP contribution in [0, 0.1) is 0 Å². The molecular formula is C14H25NO. The molecule has 0 aromatic heterocycles. The van der Waals surface area contributed by atoms with E-state index in [9.17, 15) is 0 Å². The van der Waals surface area contributed by atoms with Crippen LogP contribution < -0.4 is 5.32 Å². The summed E-state index contributed by atoms with van der Waals surface area (Å²) in [5, 5.41) is 3.69. The van der Waals surface area contributed by atoms with Gasteiger partial charge in [-0.2, -0.15) is 0 Å². The molecule has 1 aliphatic carbocycles. The fraction of sp³-hybridized carbons (Fsp3) is 0.857. The molecule has 0 saturated carbocycles. The van der Waals surface area contributed by atoms with Gasteiger partial charge in [0.05, 0.1) is 6.10 Å². The van der Waals surface area contributed by atoms with Gasteiger partial charge >= 0.3 is 0 Å². The molecule has 2 nitrogen and oxygen atoms in total. The summed E-state index contributed by atoms with van der Waals surface area (Å²) in [7, 11) is 0. The van der Waals surface area contributed by atoms with Crippen LogP contribution in [0.1, 0.15) is 51.9 Å². The molecule has 2 rings (SSSR count). The van der Waals surface area contributed by atoms with Crippen molar-refractivity contribution in [1.82, 2.24) is 5.32 Å². The second-order valence-electron chi connectivity index (χ2n) is 5.05. The Kier molecular flexibility index (Phi) is 4.86. The molecule has 0 aromatic rings. The van der Waals surface area contributed by atoms with E-state index in [2.05, 4.69) is 18.3 Å². The van der Waals surface area contributed by atoms with Gasteiger partial charge in [-0.25, -0.2) is 0 Å². The predicted molar refractivity (Wildman–Crippen MR) is 67.6 cm³/mol. The van der Waals surface area contributed by atoms with Gasteiger partial charge in [0.2, 0.25) is 0 Å². The Bertz CT molecular complexity index is 231. The minimum absolute atomic E-state index is 0.510. The molecule has 0 amide bonds. The monoisotopic (exact) mass is 223 g/mol. The highest BCUT2D eigenvalue weighted by molar-refractivity contribution is 5.15. The van der Waals surface area contributed by atoms with E-state index in [1.807, 2.05) is 0 Å². The Morgan fingerprint density at radius 3 is 3.06 bits per heavy atom. The van der Waals surface area contributed by atoms with Crippen molar-refractivity contribution in [2.24, 2.45) is 0 Å². The minimum atomic E-state index is 0.510. The van der Waals surface area contributed by atoms with Crippen molar-refractivity contribution in [3.05, 3.63) is 11.6 Å². The number of ether oxygens (including phenoxy) is 1. The average Bonchev–Trinajstić information content (AvgIpc) is 2.96. The second-order valence-corrected chi connectivity index (χ2v) is 5.05. The van der Waals surface area contributed by atoms with Crippen LogP contribution in [0.5, 0.6) is 0 Å². The van der Waals surface area contributed by atoms with Crippen LogP contribution in [0.4, 0.5) is 0 Å². The lowest BCUT2D eigenvalue weighted by atomic mass is 9.98. The van der Waals surface area contributed by atoms with Crippen molar-refractivity contribution >= 4 is 0 Å². The van der Waals surface area contributed by atoms with Gasteiger partial charge in [-0.05, 0) is 51.5 Å². The summed E-state index contributed by atoms with van der Waals surface area (Å²) in [5.41, 5.74) is 1.64. The van der Waals surface area contributed by atoms with E-state index in [1.165, 1.54) is 44.9 Å². The molecule has 0 aromatic carbocycles. The van der Waals surface area contributed by atoms with Gasteiger partial charge in [0.15, 0.2) is 0 Å². The van der Waals surface area contributed by atoms with E-state index in [4.69, 9.17) is 4.74 Å². The lowest BCUT2D eigenvalue weighted by Gasteiger charge is -2.23. The summed E-state index contributed by atoms with van der Waals surface area (Å²) in [5.74, 6) is 0. The third-order valence-corrected chi connectivity index (χ3v) is 3.69. The Hall–Kier alpha value is -0.340. The Morgan fingerprint density at radius 2 is 2.44 bits per heavy atom. The van der Waals surface area contributed by atoms with Crippen LogP contribution in [-0.2, 0) is 4.74 Å². The maximum atomic E-state index is 5.76. The zero-order chi connectivity index (χ0) is 11.2. The SMILES string of the molecule is CCCNC(CC1CCCO1)C1=CCCC1. The molecule has 0 bridgehead atoms. The zero-order valence-electron chi connectivity index (χ0n) is 10.5. The lowest BCUT2D eigenvalue weighted by Crippen LogP contribution is -2.34. The van der Waals surface area contributed by atoms with Gasteiger partial charge in [0.1, 0.15) is 0 Å². The predicted octanol–water partition coefficient (Wildman–Crippen LogP) is 3.03. The van der Waals surface area contributed by atoms with E-state index < -0.39 is 0 Å². The van der Waals surface area contributed by atoms with Gasteiger partial charge in [-0.3, -0.25) is 0 Å². The molecule has 1 N–H and O–H groups in total. The van der Waals surface area contributed by atoms with Crippen molar-refractivity contribution in [2.75, 3.05) is 13.2 Å². The molecule has 16 heavy (non-hydrogen) atoms. The second kappa shape index (κ2) is 6.41. The van der Waals surface area contributed by atoms with E-state index in [0.29, 0.717) is 12.1 Å². The van der Waals surface area contributed by atoms with Gasteiger partial charge in [-0.15, -0.1) is 0 Å². The average molecular weight is 223 g/mol. The molecule has 2 aliphatic rings. The van der Waals surface area contributed by atoms with E-state index in [-0.39, 0.29) is 0 Å². The number of rotatable bonds is 6. The third-order valence-electron chi connectivity index (χ3n) is 3.69. The third kappa shape index (κ3) is 3.33. The fourth-order valence-electron chi connectivity index (χ4n) is 2.79. The van der Waals surface area contributed by atoms with Crippen LogP contribution in [0.2, 0.25) is 0 Å². The molecule has 92 valence electrons. The first-order valence-corrected chi connectivity index (χ1v) is 6.94. The number of hydrogen-bond donors (Lipinski definition) is 1. The molecule has 1 fully saturated rings. The summed E-state index contributed by atoms with van der Waals surface area (Å²) >= 11 is 0. The molecule has 2 atom stereocenters. The molecule has 2 heteroatoms. The molecular weight excluding hydrogens is 198 g/mol. The normalized spacial score (nSPS) is 27.1. The highest BCUT2D eigenvalue weighted by Gasteiger charge is 2.23. The number of hydrogen-bond acceptors (Lipinski definition) is 2. The topological polar surface area (TPSA) is 21.3 Å². The maximum absolute atomic E-state index is 5.76. The first-order chi connectivity index (χ1) is 7.90. The zero-order valence-corrected chi connectivity index (χ0v) is 10.5. The quantitative estimate of drug-likeness (QED) is 0.699. The van der Waals surface area contributed by atoms with Crippen molar-refractivity contribution in [3.63, 3.8) is 0 Å². The smallest absolute Gasteiger partial charge is 0.0594 e. The van der Waals surface area contributed by atoms with E-state index >= 15 is 0 Å². The molecule has 0 spiro atoms. The molecule has 1 heterocycles. The van der Waals surface area contributed by atoms with Crippen LogP contribution in [0.25, 0.3) is 0 Å². The molecule has 1 saturated heterocycles. The van der Waals surface area contributed by atoms with Crippen LogP contribution in [0.3, 0.4) is 0 Å². The molecule has 1 aliphatic heterocycles. The summed E-state index contributed by atoms with van der Waals surface area (Å²) in [4.78, 5) is 0. The van der Waals surface area contributed by atoms with Crippen molar-refractivity contribution in [3.8, 4) is 0 Å². The first kappa shape index (κ1) is 12.1. The van der Waals surface area contributed by atoms with E-state index in [0.717, 1.165) is 13.2 Å². The Balaban J connectivity index is 1.85. The number of allylic oxidation sites excluding steroid dienone is 1. The minimum Gasteiger partial charge on any atom is -0.378 e. The van der Waals surface area contributed by atoms with Crippen molar-refractivity contribution in [1.29, 1.82) is 0 Å². The molecule has 2 unspecified atom stereocenters. The summed E-state index contributed by atoms with van der Waals surface area (Å²) in [6.45, 7) is 4.35. The lowest BCUT2D eigenvalue weighted by molar-refractivity contribution is 0.0976. The Labute approximate surface area is 99.4 Å². The highest BCUT2D eigenvalue weighted by atomic mass is 16.5. The van der Waals surface area contributed by atoms with Gasteiger partial charge in [0, 0.05) is 12.6 Å².